The highest BCUT2D eigenvalue weighted by molar-refractivity contribution is 5.85. The summed E-state index contributed by atoms with van der Waals surface area (Å²) in [6.07, 6.45) is 0.223. The number of hydrogen-bond donors (Lipinski definition) is 1. The third-order valence-corrected chi connectivity index (χ3v) is 1.78. The van der Waals surface area contributed by atoms with Gasteiger partial charge < -0.3 is 10.5 Å². The van der Waals surface area contributed by atoms with Gasteiger partial charge in [0.15, 0.2) is 0 Å². The SMILES string of the molecule is CC(C)Oc1ccc([C@@H](C)N)cc1.Cl. The van der Waals surface area contributed by atoms with E-state index in [0.717, 1.165) is 11.3 Å². The molecule has 0 aromatic heterocycles. The molecule has 2 N–H and O–H groups in total. The maximum atomic E-state index is 5.72. The van der Waals surface area contributed by atoms with Crippen molar-refractivity contribution in [3.05, 3.63) is 29.8 Å². The number of halogens is 1. The molecule has 3 heteroatoms. The van der Waals surface area contributed by atoms with E-state index in [1.54, 1.807) is 0 Å². The van der Waals surface area contributed by atoms with Crippen LogP contribution in [0.5, 0.6) is 5.75 Å². The fourth-order valence-electron chi connectivity index (χ4n) is 1.12. The van der Waals surface area contributed by atoms with Crippen molar-refractivity contribution in [2.24, 2.45) is 5.73 Å². The highest BCUT2D eigenvalue weighted by atomic mass is 35.5. The summed E-state index contributed by atoms with van der Waals surface area (Å²) in [6, 6.07) is 8.01. The number of hydrogen-bond acceptors (Lipinski definition) is 2. The number of benzene rings is 1. The third-order valence-electron chi connectivity index (χ3n) is 1.78. The molecule has 14 heavy (non-hydrogen) atoms. The summed E-state index contributed by atoms with van der Waals surface area (Å²) < 4.78 is 5.51. The Morgan fingerprint density at radius 3 is 1.93 bits per heavy atom. The lowest BCUT2D eigenvalue weighted by Gasteiger charge is -2.11. The fourth-order valence-corrected chi connectivity index (χ4v) is 1.12. The molecule has 0 amide bonds. The lowest BCUT2D eigenvalue weighted by atomic mass is 10.1. The minimum atomic E-state index is 0. The molecule has 0 aliphatic carbocycles. The van der Waals surface area contributed by atoms with Gasteiger partial charge in [0.25, 0.3) is 0 Å². The molecule has 0 saturated heterocycles. The first-order chi connectivity index (χ1) is 6.09. The molecule has 0 spiro atoms. The predicted octanol–water partition coefficient (Wildman–Crippen LogP) is 2.92. The van der Waals surface area contributed by atoms with E-state index in [-0.39, 0.29) is 24.6 Å². The van der Waals surface area contributed by atoms with E-state index < -0.39 is 0 Å². The monoisotopic (exact) mass is 215 g/mol. The molecular formula is C11H18ClNO. The molecule has 1 rings (SSSR count). The van der Waals surface area contributed by atoms with Crippen LogP contribution in [-0.4, -0.2) is 6.10 Å². The van der Waals surface area contributed by atoms with Gasteiger partial charge in [0.2, 0.25) is 0 Å². The molecule has 0 heterocycles. The third kappa shape index (κ3) is 3.99. The highest BCUT2D eigenvalue weighted by Gasteiger charge is 2.00. The molecule has 0 saturated carbocycles. The van der Waals surface area contributed by atoms with Crippen molar-refractivity contribution in [3.8, 4) is 5.75 Å². The summed E-state index contributed by atoms with van der Waals surface area (Å²) >= 11 is 0. The van der Waals surface area contributed by atoms with Crippen LogP contribution in [0.2, 0.25) is 0 Å². The Hall–Kier alpha value is -0.730. The highest BCUT2D eigenvalue weighted by Crippen LogP contribution is 2.16. The van der Waals surface area contributed by atoms with Crippen molar-refractivity contribution in [2.45, 2.75) is 32.9 Å². The maximum Gasteiger partial charge on any atom is 0.119 e. The molecule has 1 aromatic carbocycles. The molecule has 0 aliphatic heterocycles. The summed E-state index contributed by atoms with van der Waals surface area (Å²) in [6.45, 7) is 6.00. The summed E-state index contributed by atoms with van der Waals surface area (Å²) in [4.78, 5) is 0. The molecule has 0 unspecified atom stereocenters. The Morgan fingerprint density at radius 2 is 1.57 bits per heavy atom. The summed E-state index contributed by atoms with van der Waals surface area (Å²) in [5.41, 5.74) is 6.86. The first-order valence-corrected chi connectivity index (χ1v) is 4.62. The lowest BCUT2D eigenvalue weighted by molar-refractivity contribution is 0.242. The quantitative estimate of drug-likeness (QED) is 0.842. The second-order valence-electron chi connectivity index (χ2n) is 3.52. The minimum absolute atomic E-state index is 0. The van der Waals surface area contributed by atoms with Gasteiger partial charge in [-0.15, -0.1) is 12.4 Å². The number of ether oxygens (including phenoxy) is 1. The van der Waals surface area contributed by atoms with Crippen LogP contribution >= 0.6 is 12.4 Å². The van der Waals surface area contributed by atoms with Gasteiger partial charge in [0.1, 0.15) is 5.75 Å². The molecule has 0 aliphatic rings. The van der Waals surface area contributed by atoms with Crippen LogP contribution in [0.3, 0.4) is 0 Å². The van der Waals surface area contributed by atoms with Gasteiger partial charge in [-0.3, -0.25) is 0 Å². The zero-order valence-electron chi connectivity index (χ0n) is 8.86. The molecule has 0 radical (unpaired) electrons. The smallest absolute Gasteiger partial charge is 0.119 e. The minimum Gasteiger partial charge on any atom is -0.491 e. The van der Waals surface area contributed by atoms with Crippen LogP contribution in [0.25, 0.3) is 0 Å². The second kappa shape index (κ2) is 5.89. The fraction of sp³-hybridized carbons (Fsp3) is 0.455. The van der Waals surface area contributed by atoms with Gasteiger partial charge in [-0.1, -0.05) is 12.1 Å². The number of rotatable bonds is 3. The molecule has 2 nitrogen and oxygen atoms in total. The molecule has 80 valence electrons. The molecule has 1 atom stereocenters. The molecule has 0 bridgehead atoms. The molecule has 1 aromatic rings. The summed E-state index contributed by atoms with van der Waals surface area (Å²) in [5, 5.41) is 0. The van der Waals surface area contributed by atoms with Crippen molar-refractivity contribution in [1.82, 2.24) is 0 Å². The van der Waals surface area contributed by atoms with Crippen LogP contribution in [0.15, 0.2) is 24.3 Å². The van der Waals surface area contributed by atoms with Crippen molar-refractivity contribution in [3.63, 3.8) is 0 Å². The summed E-state index contributed by atoms with van der Waals surface area (Å²) in [5.74, 6) is 0.902. The average molecular weight is 216 g/mol. The van der Waals surface area contributed by atoms with E-state index in [9.17, 15) is 0 Å². The van der Waals surface area contributed by atoms with Crippen LogP contribution < -0.4 is 10.5 Å². The van der Waals surface area contributed by atoms with Gasteiger partial charge in [-0.05, 0) is 38.5 Å². The summed E-state index contributed by atoms with van der Waals surface area (Å²) in [7, 11) is 0. The van der Waals surface area contributed by atoms with Crippen molar-refractivity contribution < 1.29 is 4.74 Å². The Morgan fingerprint density at radius 1 is 1.07 bits per heavy atom. The van der Waals surface area contributed by atoms with Crippen LogP contribution in [0.1, 0.15) is 32.4 Å². The van der Waals surface area contributed by atoms with Crippen LogP contribution in [0, 0.1) is 0 Å². The topological polar surface area (TPSA) is 35.2 Å². The van der Waals surface area contributed by atoms with E-state index in [4.69, 9.17) is 10.5 Å². The largest absolute Gasteiger partial charge is 0.491 e. The van der Waals surface area contributed by atoms with E-state index in [2.05, 4.69) is 0 Å². The van der Waals surface area contributed by atoms with E-state index in [1.807, 2.05) is 45.0 Å². The zero-order chi connectivity index (χ0) is 9.84. The van der Waals surface area contributed by atoms with Crippen molar-refractivity contribution in [2.75, 3.05) is 0 Å². The Balaban J connectivity index is 0.00000169. The normalized spacial score (nSPS) is 12.1. The predicted molar refractivity (Wildman–Crippen MR) is 62.1 cm³/mol. The first kappa shape index (κ1) is 13.3. The van der Waals surface area contributed by atoms with Gasteiger partial charge in [-0.25, -0.2) is 0 Å². The Kier molecular flexibility index (Phi) is 5.58. The van der Waals surface area contributed by atoms with Crippen molar-refractivity contribution >= 4 is 12.4 Å². The zero-order valence-corrected chi connectivity index (χ0v) is 9.67. The molecular weight excluding hydrogens is 198 g/mol. The average Bonchev–Trinajstić information content (AvgIpc) is 2.04. The van der Waals surface area contributed by atoms with E-state index in [0.29, 0.717) is 0 Å². The standard InChI is InChI=1S/C11H17NO.ClH/c1-8(2)13-11-6-4-10(5-7-11)9(3)12;/h4-9H,12H2,1-3H3;1H/t9-;/m1./s1. The van der Waals surface area contributed by atoms with Crippen LogP contribution in [0.4, 0.5) is 0 Å². The van der Waals surface area contributed by atoms with E-state index >= 15 is 0 Å². The number of nitrogens with two attached hydrogens (primary N) is 1. The van der Waals surface area contributed by atoms with Crippen molar-refractivity contribution in [1.29, 1.82) is 0 Å². The second-order valence-corrected chi connectivity index (χ2v) is 3.52. The van der Waals surface area contributed by atoms with Gasteiger partial charge in [0, 0.05) is 6.04 Å². The Bertz CT molecular complexity index is 256. The first-order valence-electron chi connectivity index (χ1n) is 4.62. The van der Waals surface area contributed by atoms with Gasteiger partial charge in [-0.2, -0.15) is 0 Å². The van der Waals surface area contributed by atoms with E-state index in [1.165, 1.54) is 0 Å². The van der Waals surface area contributed by atoms with Gasteiger partial charge in [0.05, 0.1) is 6.10 Å². The van der Waals surface area contributed by atoms with Gasteiger partial charge >= 0.3 is 0 Å². The van der Waals surface area contributed by atoms with Crippen LogP contribution in [-0.2, 0) is 0 Å². The molecule has 0 fully saturated rings. The maximum absolute atomic E-state index is 5.72. The lowest BCUT2D eigenvalue weighted by Crippen LogP contribution is -2.07. The Labute approximate surface area is 91.9 Å².